The Labute approximate surface area is 87.7 Å². The molecule has 0 amide bonds. The minimum atomic E-state index is 0.114. The zero-order valence-corrected chi connectivity index (χ0v) is 9.42. The third-order valence-electron chi connectivity index (χ3n) is 2.06. The summed E-state index contributed by atoms with van der Waals surface area (Å²) in [4.78, 5) is 4.14. The molecule has 13 heavy (non-hydrogen) atoms. The molecule has 1 aromatic heterocycles. The van der Waals surface area contributed by atoms with Crippen LogP contribution in [0.4, 0.5) is 0 Å². The van der Waals surface area contributed by atoms with E-state index in [1.807, 2.05) is 12.1 Å². The number of halogens is 1. The highest BCUT2D eigenvalue weighted by atomic mass is 79.9. The van der Waals surface area contributed by atoms with Crippen LogP contribution < -0.4 is 5.73 Å². The van der Waals surface area contributed by atoms with Crippen molar-refractivity contribution in [3.63, 3.8) is 0 Å². The summed E-state index contributed by atoms with van der Waals surface area (Å²) in [7, 11) is 0. The van der Waals surface area contributed by atoms with E-state index in [2.05, 4.69) is 27.8 Å². The Hall–Kier alpha value is -0.410. The zero-order chi connectivity index (χ0) is 9.68. The van der Waals surface area contributed by atoms with Gasteiger partial charge in [0.1, 0.15) is 4.60 Å². The van der Waals surface area contributed by atoms with Crippen LogP contribution in [0.2, 0.25) is 0 Å². The number of pyridine rings is 1. The first-order chi connectivity index (χ1) is 6.25. The summed E-state index contributed by atoms with van der Waals surface area (Å²) in [6.45, 7) is 2.17. The second-order valence-electron chi connectivity index (χ2n) is 3.13. The molecule has 0 saturated heterocycles. The lowest BCUT2D eigenvalue weighted by atomic mass is 10.0. The van der Waals surface area contributed by atoms with Crippen molar-refractivity contribution in [3.8, 4) is 0 Å². The van der Waals surface area contributed by atoms with Crippen molar-refractivity contribution in [3.05, 3.63) is 28.5 Å². The number of hydrogen-bond donors (Lipinski definition) is 1. The van der Waals surface area contributed by atoms with Crippen molar-refractivity contribution in [1.29, 1.82) is 0 Å². The summed E-state index contributed by atoms with van der Waals surface area (Å²) < 4.78 is 0.874. The van der Waals surface area contributed by atoms with Crippen LogP contribution >= 0.6 is 15.9 Å². The van der Waals surface area contributed by atoms with Crippen LogP contribution in [0.3, 0.4) is 0 Å². The molecule has 1 aromatic rings. The van der Waals surface area contributed by atoms with E-state index in [-0.39, 0.29) is 6.04 Å². The van der Waals surface area contributed by atoms with E-state index in [1.54, 1.807) is 6.20 Å². The molecule has 0 radical (unpaired) electrons. The maximum atomic E-state index is 6.01. The van der Waals surface area contributed by atoms with Gasteiger partial charge >= 0.3 is 0 Å². The highest BCUT2D eigenvalue weighted by Crippen LogP contribution is 2.22. The molecule has 3 heteroatoms. The Kier molecular flexibility index (Phi) is 4.39. The highest BCUT2D eigenvalue weighted by Gasteiger charge is 2.08. The Morgan fingerprint density at radius 3 is 3.00 bits per heavy atom. The number of hydrogen-bond acceptors (Lipinski definition) is 2. The second kappa shape index (κ2) is 5.35. The van der Waals surface area contributed by atoms with Gasteiger partial charge in [-0.05, 0) is 28.4 Å². The van der Waals surface area contributed by atoms with E-state index in [9.17, 15) is 0 Å². The molecule has 0 spiro atoms. The molecule has 0 aliphatic rings. The second-order valence-corrected chi connectivity index (χ2v) is 3.88. The van der Waals surface area contributed by atoms with Crippen LogP contribution in [0.15, 0.2) is 22.9 Å². The summed E-state index contributed by atoms with van der Waals surface area (Å²) >= 11 is 3.40. The number of nitrogens with two attached hydrogens (primary N) is 1. The van der Waals surface area contributed by atoms with Gasteiger partial charge in [-0.15, -0.1) is 0 Å². The molecule has 2 N–H and O–H groups in total. The lowest BCUT2D eigenvalue weighted by molar-refractivity contribution is 0.599. The molecule has 0 aromatic carbocycles. The van der Waals surface area contributed by atoms with Crippen molar-refractivity contribution in [2.75, 3.05) is 0 Å². The zero-order valence-electron chi connectivity index (χ0n) is 7.83. The first kappa shape index (κ1) is 10.7. The average molecular weight is 243 g/mol. The maximum Gasteiger partial charge on any atom is 0.110 e. The first-order valence-corrected chi connectivity index (χ1v) is 5.41. The molecule has 1 rings (SSSR count). The van der Waals surface area contributed by atoms with E-state index >= 15 is 0 Å². The predicted molar refractivity (Wildman–Crippen MR) is 58.4 cm³/mol. The van der Waals surface area contributed by atoms with Gasteiger partial charge in [0.15, 0.2) is 0 Å². The third kappa shape index (κ3) is 3.08. The van der Waals surface area contributed by atoms with E-state index in [0.29, 0.717) is 0 Å². The molecular formula is C10H15BrN2. The summed E-state index contributed by atoms with van der Waals surface area (Å²) in [6.07, 6.45) is 5.15. The van der Waals surface area contributed by atoms with Crippen LogP contribution in [0.5, 0.6) is 0 Å². The Morgan fingerprint density at radius 2 is 2.38 bits per heavy atom. The van der Waals surface area contributed by atoms with Crippen LogP contribution in [-0.2, 0) is 0 Å². The van der Waals surface area contributed by atoms with Crippen molar-refractivity contribution in [2.24, 2.45) is 5.73 Å². The van der Waals surface area contributed by atoms with E-state index in [1.165, 1.54) is 12.8 Å². The normalized spacial score (nSPS) is 12.8. The number of nitrogens with zero attached hydrogens (tertiary/aromatic N) is 1. The quantitative estimate of drug-likeness (QED) is 0.825. The molecule has 0 bridgehead atoms. The lowest BCUT2D eigenvalue weighted by Crippen LogP contribution is -2.11. The predicted octanol–water partition coefficient (Wildman–Crippen LogP) is 3.03. The van der Waals surface area contributed by atoms with Gasteiger partial charge in [0.2, 0.25) is 0 Å². The van der Waals surface area contributed by atoms with Gasteiger partial charge in [-0.2, -0.15) is 0 Å². The van der Waals surface area contributed by atoms with Gasteiger partial charge in [-0.25, -0.2) is 4.98 Å². The third-order valence-corrected chi connectivity index (χ3v) is 2.72. The van der Waals surface area contributed by atoms with Crippen LogP contribution in [-0.4, -0.2) is 4.98 Å². The Balaban J connectivity index is 2.65. The standard InChI is InChI=1S/C10H15BrN2/c1-2-3-6-9(12)8-5-4-7-13-10(8)11/h4-5,7,9H,2-3,6,12H2,1H3/t9-/m0/s1. The SMILES string of the molecule is CCCC[C@H](N)c1cccnc1Br. The fourth-order valence-electron chi connectivity index (χ4n) is 1.25. The molecular weight excluding hydrogens is 228 g/mol. The highest BCUT2D eigenvalue weighted by molar-refractivity contribution is 9.10. The maximum absolute atomic E-state index is 6.01. The molecule has 0 unspecified atom stereocenters. The smallest absolute Gasteiger partial charge is 0.110 e. The van der Waals surface area contributed by atoms with Crippen LogP contribution in [0, 0.1) is 0 Å². The monoisotopic (exact) mass is 242 g/mol. The van der Waals surface area contributed by atoms with Crippen molar-refractivity contribution >= 4 is 15.9 Å². The van der Waals surface area contributed by atoms with Gasteiger partial charge < -0.3 is 5.73 Å². The minimum absolute atomic E-state index is 0.114. The fourth-order valence-corrected chi connectivity index (χ4v) is 1.80. The molecule has 1 heterocycles. The van der Waals surface area contributed by atoms with E-state index in [0.717, 1.165) is 16.6 Å². The summed E-state index contributed by atoms with van der Waals surface area (Å²) in [5.41, 5.74) is 7.12. The Bertz CT molecular complexity index is 263. The molecule has 72 valence electrons. The molecule has 2 nitrogen and oxygen atoms in total. The Morgan fingerprint density at radius 1 is 1.62 bits per heavy atom. The number of unbranched alkanes of at least 4 members (excludes halogenated alkanes) is 1. The topological polar surface area (TPSA) is 38.9 Å². The van der Waals surface area contributed by atoms with E-state index in [4.69, 9.17) is 5.73 Å². The lowest BCUT2D eigenvalue weighted by Gasteiger charge is -2.11. The van der Waals surface area contributed by atoms with E-state index < -0.39 is 0 Å². The molecule has 0 saturated carbocycles. The van der Waals surface area contributed by atoms with Crippen LogP contribution in [0.25, 0.3) is 0 Å². The van der Waals surface area contributed by atoms with Gasteiger partial charge in [-0.3, -0.25) is 0 Å². The average Bonchev–Trinajstić information content (AvgIpc) is 2.15. The van der Waals surface area contributed by atoms with Gasteiger partial charge in [0, 0.05) is 17.8 Å². The van der Waals surface area contributed by atoms with Crippen molar-refractivity contribution < 1.29 is 0 Å². The van der Waals surface area contributed by atoms with Crippen molar-refractivity contribution in [1.82, 2.24) is 4.98 Å². The largest absolute Gasteiger partial charge is 0.324 e. The minimum Gasteiger partial charge on any atom is -0.324 e. The number of aromatic nitrogens is 1. The summed E-state index contributed by atoms with van der Waals surface area (Å²) in [5, 5.41) is 0. The summed E-state index contributed by atoms with van der Waals surface area (Å²) in [5.74, 6) is 0. The van der Waals surface area contributed by atoms with Gasteiger partial charge in [0.05, 0.1) is 0 Å². The van der Waals surface area contributed by atoms with Gasteiger partial charge in [0.25, 0.3) is 0 Å². The molecule has 1 atom stereocenters. The number of rotatable bonds is 4. The summed E-state index contributed by atoms with van der Waals surface area (Å²) in [6, 6.07) is 4.06. The first-order valence-electron chi connectivity index (χ1n) is 4.61. The molecule has 0 aliphatic carbocycles. The van der Waals surface area contributed by atoms with Crippen molar-refractivity contribution in [2.45, 2.75) is 32.2 Å². The van der Waals surface area contributed by atoms with Gasteiger partial charge in [-0.1, -0.05) is 25.8 Å². The fraction of sp³-hybridized carbons (Fsp3) is 0.500. The molecule has 0 aliphatic heterocycles. The molecule has 0 fully saturated rings. The van der Waals surface area contributed by atoms with Crippen LogP contribution in [0.1, 0.15) is 37.8 Å².